The lowest BCUT2D eigenvalue weighted by molar-refractivity contribution is 0.196. The number of ether oxygens (including phenoxy) is 1. The molecule has 1 N–H and O–H groups in total. The van der Waals surface area contributed by atoms with Crippen molar-refractivity contribution in [1.82, 2.24) is 5.32 Å². The molecule has 0 spiro atoms. The highest BCUT2D eigenvalue weighted by molar-refractivity contribution is 5.06. The molecule has 1 atom stereocenters. The SMILES string of the molecule is COCCNCC(Cc1ccoc1)C(C)C. The number of nitrogens with one attached hydrogen (secondary N) is 1. The molecule has 1 aromatic rings. The second kappa shape index (κ2) is 7.47. The molecule has 0 bridgehead atoms. The van der Waals surface area contributed by atoms with Gasteiger partial charge in [-0.05, 0) is 36.4 Å². The molecule has 0 amide bonds. The largest absolute Gasteiger partial charge is 0.472 e. The summed E-state index contributed by atoms with van der Waals surface area (Å²) in [5.41, 5.74) is 1.28. The minimum Gasteiger partial charge on any atom is -0.472 e. The van der Waals surface area contributed by atoms with Gasteiger partial charge in [-0.3, -0.25) is 0 Å². The van der Waals surface area contributed by atoms with Gasteiger partial charge in [-0.1, -0.05) is 13.8 Å². The molecule has 1 aromatic heterocycles. The highest BCUT2D eigenvalue weighted by Gasteiger charge is 2.14. The van der Waals surface area contributed by atoms with Crippen LogP contribution in [0.15, 0.2) is 23.0 Å². The molecular formula is C13H23NO2. The Morgan fingerprint density at radius 1 is 1.44 bits per heavy atom. The molecule has 0 aliphatic heterocycles. The summed E-state index contributed by atoms with van der Waals surface area (Å²) in [4.78, 5) is 0. The normalized spacial score (nSPS) is 13.2. The summed E-state index contributed by atoms with van der Waals surface area (Å²) in [7, 11) is 1.73. The van der Waals surface area contributed by atoms with E-state index in [9.17, 15) is 0 Å². The van der Waals surface area contributed by atoms with Gasteiger partial charge < -0.3 is 14.5 Å². The third-order valence-corrected chi connectivity index (χ3v) is 2.91. The van der Waals surface area contributed by atoms with E-state index in [4.69, 9.17) is 9.15 Å². The van der Waals surface area contributed by atoms with Gasteiger partial charge in [0.2, 0.25) is 0 Å². The second-order valence-electron chi connectivity index (χ2n) is 4.54. The molecule has 1 heterocycles. The lowest BCUT2D eigenvalue weighted by Crippen LogP contribution is -2.30. The van der Waals surface area contributed by atoms with E-state index in [1.165, 1.54) is 5.56 Å². The molecule has 0 aliphatic rings. The van der Waals surface area contributed by atoms with Crippen LogP contribution < -0.4 is 5.32 Å². The summed E-state index contributed by atoms with van der Waals surface area (Å²) >= 11 is 0. The fraction of sp³-hybridized carbons (Fsp3) is 0.692. The van der Waals surface area contributed by atoms with Crippen LogP contribution >= 0.6 is 0 Å². The molecule has 3 heteroatoms. The Bertz CT molecular complexity index is 257. The summed E-state index contributed by atoms with van der Waals surface area (Å²) in [6, 6.07) is 2.05. The highest BCUT2D eigenvalue weighted by atomic mass is 16.5. The van der Waals surface area contributed by atoms with Crippen molar-refractivity contribution >= 4 is 0 Å². The van der Waals surface area contributed by atoms with Crippen molar-refractivity contribution < 1.29 is 9.15 Å². The maximum Gasteiger partial charge on any atom is 0.0934 e. The number of methoxy groups -OCH3 is 1. The van der Waals surface area contributed by atoms with Crippen LogP contribution in [0.3, 0.4) is 0 Å². The first kappa shape index (κ1) is 13.3. The van der Waals surface area contributed by atoms with Gasteiger partial charge in [0.1, 0.15) is 0 Å². The summed E-state index contributed by atoms with van der Waals surface area (Å²) in [5, 5.41) is 3.42. The van der Waals surface area contributed by atoms with Gasteiger partial charge in [-0.2, -0.15) is 0 Å². The van der Waals surface area contributed by atoms with Gasteiger partial charge in [-0.15, -0.1) is 0 Å². The van der Waals surface area contributed by atoms with Gasteiger partial charge >= 0.3 is 0 Å². The molecule has 1 rings (SSSR count). The molecule has 0 saturated carbocycles. The average molecular weight is 225 g/mol. The van der Waals surface area contributed by atoms with Crippen LogP contribution in [0.25, 0.3) is 0 Å². The van der Waals surface area contributed by atoms with E-state index in [1.807, 2.05) is 12.3 Å². The van der Waals surface area contributed by atoms with E-state index in [0.29, 0.717) is 11.8 Å². The first-order valence-electron chi connectivity index (χ1n) is 5.94. The topological polar surface area (TPSA) is 34.4 Å². The highest BCUT2D eigenvalue weighted by Crippen LogP contribution is 2.16. The van der Waals surface area contributed by atoms with E-state index in [1.54, 1.807) is 13.4 Å². The lowest BCUT2D eigenvalue weighted by atomic mass is 9.90. The van der Waals surface area contributed by atoms with Crippen LogP contribution in [0.1, 0.15) is 19.4 Å². The van der Waals surface area contributed by atoms with Gasteiger partial charge in [0.25, 0.3) is 0 Å². The molecule has 16 heavy (non-hydrogen) atoms. The molecule has 0 radical (unpaired) electrons. The van der Waals surface area contributed by atoms with Crippen molar-refractivity contribution in [2.24, 2.45) is 11.8 Å². The van der Waals surface area contributed by atoms with Crippen LogP contribution in [-0.2, 0) is 11.2 Å². The van der Waals surface area contributed by atoms with E-state index in [2.05, 4.69) is 19.2 Å². The monoisotopic (exact) mass is 225 g/mol. The zero-order valence-electron chi connectivity index (χ0n) is 10.5. The molecular weight excluding hydrogens is 202 g/mol. The fourth-order valence-electron chi connectivity index (χ4n) is 1.72. The standard InChI is InChI=1S/C13H23NO2/c1-11(2)13(9-14-5-7-15-3)8-12-4-6-16-10-12/h4,6,10-11,13-14H,5,7-9H2,1-3H3. The first-order valence-corrected chi connectivity index (χ1v) is 5.94. The lowest BCUT2D eigenvalue weighted by Gasteiger charge is -2.20. The van der Waals surface area contributed by atoms with Gasteiger partial charge in [0, 0.05) is 13.7 Å². The third kappa shape index (κ3) is 4.81. The van der Waals surface area contributed by atoms with E-state index >= 15 is 0 Å². The zero-order valence-corrected chi connectivity index (χ0v) is 10.5. The quantitative estimate of drug-likeness (QED) is 0.690. The Hall–Kier alpha value is -0.800. The van der Waals surface area contributed by atoms with Gasteiger partial charge in [-0.25, -0.2) is 0 Å². The minimum atomic E-state index is 0.648. The van der Waals surface area contributed by atoms with Crippen molar-refractivity contribution in [1.29, 1.82) is 0 Å². The minimum absolute atomic E-state index is 0.648. The number of hydrogen-bond donors (Lipinski definition) is 1. The molecule has 3 nitrogen and oxygen atoms in total. The average Bonchev–Trinajstić information content (AvgIpc) is 2.75. The summed E-state index contributed by atoms with van der Waals surface area (Å²) in [6.07, 6.45) is 4.66. The second-order valence-corrected chi connectivity index (χ2v) is 4.54. The van der Waals surface area contributed by atoms with Crippen molar-refractivity contribution in [2.45, 2.75) is 20.3 Å². The fourth-order valence-corrected chi connectivity index (χ4v) is 1.72. The van der Waals surface area contributed by atoms with Gasteiger partial charge in [0.05, 0.1) is 19.1 Å². The zero-order chi connectivity index (χ0) is 11.8. The van der Waals surface area contributed by atoms with Gasteiger partial charge in [0.15, 0.2) is 0 Å². The predicted octanol–water partition coefficient (Wildman–Crippen LogP) is 2.33. The predicted molar refractivity (Wildman–Crippen MR) is 65.5 cm³/mol. The number of rotatable bonds is 8. The van der Waals surface area contributed by atoms with Crippen LogP contribution in [0.2, 0.25) is 0 Å². The Labute approximate surface area is 98.2 Å². The molecule has 0 saturated heterocycles. The summed E-state index contributed by atoms with van der Waals surface area (Å²) in [5.74, 6) is 1.32. The molecule has 0 aromatic carbocycles. The Morgan fingerprint density at radius 2 is 2.25 bits per heavy atom. The first-order chi connectivity index (χ1) is 7.74. The maximum absolute atomic E-state index is 5.10. The van der Waals surface area contributed by atoms with Crippen molar-refractivity contribution in [3.63, 3.8) is 0 Å². The Balaban J connectivity index is 2.30. The number of hydrogen-bond acceptors (Lipinski definition) is 3. The molecule has 1 unspecified atom stereocenters. The summed E-state index contributed by atoms with van der Waals surface area (Å²) in [6.45, 7) is 7.26. The smallest absolute Gasteiger partial charge is 0.0934 e. The maximum atomic E-state index is 5.10. The number of furan rings is 1. The third-order valence-electron chi connectivity index (χ3n) is 2.91. The van der Waals surface area contributed by atoms with E-state index < -0.39 is 0 Å². The Morgan fingerprint density at radius 3 is 2.81 bits per heavy atom. The molecule has 92 valence electrons. The van der Waals surface area contributed by atoms with Crippen molar-refractivity contribution in [3.05, 3.63) is 24.2 Å². The van der Waals surface area contributed by atoms with E-state index in [0.717, 1.165) is 26.1 Å². The van der Waals surface area contributed by atoms with Crippen LogP contribution in [0.5, 0.6) is 0 Å². The Kier molecular flexibility index (Phi) is 6.19. The van der Waals surface area contributed by atoms with Crippen molar-refractivity contribution in [2.75, 3.05) is 26.8 Å². The van der Waals surface area contributed by atoms with Crippen molar-refractivity contribution in [3.8, 4) is 0 Å². The van der Waals surface area contributed by atoms with Crippen LogP contribution in [-0.4, -0.2) is 26.8 Å². The summed E-state index contributed by atoms with van der Waals surface area (Å²) < 4.78 is 10.1. The molecule has 0 fully saturated rings. The van der Waals surface area contributed by atoms with Crippen LogP contribution in [0.4, 0.5) is 0 Å². The molecule has 0 aliphatic carbocycles. The van der Waals surface area contributed by atoms with Crippen LogP contribution in [0, 0.1) is 11.8 Å². The van der Waals surface area contributed by atoms with E-state index in [-0.39, 0.29) is 0 Å².